The fourth-order valence-electron chi connectivity index (χ4n) is 3.12. The van der Waals surface area contributed by atoms with Crippen molar-refractivity contribution in [1.29, 1.82) is 0 Å². The normalized spacial score (nSPS) is 15.8. The first-order valence-corrected chi connectivity index (χ1v) is 11.4. The smallest absolute Gasteiger partial charge is 0.251 e. The summed E-state index contributed by atoms with van der Waals surface area (Å²) in [5.74, 6) is -0.372. The Balaban J connectivity index is 1.67. The molecule has 0 aliphatic carbocycles. The first-order valence-electron chi connectivity index (χ1n) is 9.12. The Kier molecular flexibility index (Phi) is 6.69. The third-order valence-corrected chi connectivity index (χ3v) is 6.98. The van der Waals surface area contributed by atoms with Gasteiger partial charge < -0.3 is 9.88 Å². The lowest BCUT2D eigenvalue weighted by Crippen LogP contribution is -2.31. The molecule has 9 heteroatoms. The molecule has 1 aromatic heterocycles. The Bertz CT molecular complexity index is 995. The molecule has 0 bridgehead atoms. The molecule has 1 amide bonds. The van der Waals surface area contributed by atoms with E-state index in [9.17, 15) is 18.0 Å². The van der Waals surface area contributed by atoms with E-state index >= 15 is 0 Å². The monoisotopic (exact) mass is 467 g/mol. The highest BCUT2D eigenvalue weighted by atomic mass is 79.9. The van der Waals surface area contributed by atoms with Gasteiger partial charge in [-0.3, -0.25) is 9.59 Å². The molecule has 0 unspecified atom stereocenters. The average Bonchev–Trinajstić information content (AvgIpc) is 2.95. The van der Waals surface area contributed by atoms with Crippen LogP contribution >= 0.6 is 15.9 Å². The van der Waals surface area contributed by atoms with Gasteiger partial charge in [-0.2, -0.15) is 4.31 Å². The third-order valence-electron chi connectivity index (χ3n) is 4.60. The first kappa shape index (κ1) is 20.8. The topological polar surface area (TPSA) is 88.5 Å². The number of pyridine rings is 1. The van der Waals surface area contributed by atoms with Gasteiger partial charge in [0.2, 0.25) is 15.9 Å². The van der Waals surface area contributed by atoms with E-state index in [1.54, 1.807) is 24.4 Å². The van der Waals surface area contributed by atoms with Gasteiger partial charge >= 0.3 is 0 Å². The van der Waals surface area contributed by atoms with Crippen LogP contribution in [0.15, 0.2) is 56.8 Å². The lowest BCUT2D eigenvalue weighted by atomic mass is 10.2. The molecule has 0 saturated carbocycles. The van der Waals surface area contributed by atoms with Crippen molar-refractivity contribution >= 4 is 37.5 Å². The standard InChI is InChI=1S/C19H22BrN3O4S/c20-15-5-10-19(25)22(13-15)14-18(24)21-16-6-8-17(9-7-16)28(26,27)23-11-3-1-2-4-12-23/h5-10,13H,1-4,11-12,14H2,(H,21,24). The SMILES string of the molecule is O=C(Cn1cc(Br)ccc1=O)Nc1ccc(S(=O)(=O)N2CCCCCC2)cc1. The van der Waals surface area contributed by atoms with Crippen molar-refractivity contribution in [3.05, 3.63) is 57.4 Å². The van der Waals surface area contributed by atoms with Gasteiger partial charge in [-0.15, -0.1) is 0 Å². The predicted octanol–water partition coefficient (Wildman–Crippen LogP) is 2.81. The maximum Gasteiger partial charge on any atom is 0.251 e. The fraction of sp³-hybridized carbons (Fsp3) is 0.368. The Morgan fingerprint density at radius 3 is 2.29 bits per heavy atom. The number of rotatable bonds is 5. The van der Waals surface area contributed by atoms with Gasteiger partial charge in [-0.05, 0) is 59.1 Å². The summed E-state index contributed by atoms with van der Waals surface area (Å²) in [5.41, 5.74) is 0.195. The molecule has 0 spiro atoms. The second kappa shape index (κ2) is 9.02. The number of nitrogens with zero attached hydrogens (tertiary/aromatic N) is 2. The summed E-state index contributed by atoms with van der Waals surface area (Å²) < 4.78 is 29.1. The summed E-state index contributed by atoms with van der Waals surface area (Å²) in [6.07, 6.45) is 5.40. The molecule has 3 rings (SSSR count). The van der Waals surface area contributed by atoms with E-state index in [4.69, 9.17) is 0 Å². The van der Waals surface area contributed by atoms with Crippen LogP contribution < -0.4 is 10.9 Å². The Labute approximate surface area is 172 Å². The average molecular weight is 468 g/mol. The first-order chi connectivity index (χ1) is 13.4. The van der Waals surface area contributed by atoms with Crippen molar-refractivity contribution < 1.29 is 13.2 Å². The minimum Gasteiger partial charge on any atom is -0.325 e. The van der Waals surface area contributed by atoms with E-state index in [0.29, 0.717) is 23.2 Å². The number of carbonyl (C=O) groups is 1. The van der Waals surface area contributed by atoms with E-state index < -0.39 is 10.0 Å². The summed E-state index contributed by atoms with van der Waals surface area (Å²) in [6, 6.07) is 9.11. The molecule has 2 heterocycles. The minimum atomic E-state index is -3.52. The number of hydrogen-bond donors (Lipinski definition) is 1. The second-order valence-corrected chi connectivity index (χ2v) is 9.56. The molecule has 0 atom stereocenters. The Hall–Kier alpha value is -1.97. The second-order valence-electron chi connectivity index (χ2n) is 6.70. The largest absolute Gasteiger partial charge is 0.325 e. The molecule has 2 aromatic rings. The van der Waals surface area contributed by atoms with Crippen LogP contribution in [0.25, 0.3) is 0 Å². The highest BCUT2D eigenvalue weighted by Crippen LogP contribution is 2.21. The van der Waals surface area contributed by atoms with Gasteiger partial charge in [0.1, 0.15) is 6.54 Å². The summed E-state index contributed by atoms with van der Waals surface area (Å²) in [7, 11) is -3.52. The van der Waals surface area contributed by atoms with Crippen molar-refractivity contribution in [2.24, 2.45) is 0 Å². The van der Waals surface area contributed by atoms with Gasteiger partial charge in [0.25, 0.3) is 5.56 Å². The van der Waals surface area contributed by atoms with E-state index in [-0.39, 0.29) is 22.9 Å². The number of anilines is 1. The Morgan fingerprint density at radius 2 is 1.64 bits per heavy atom. The Morgan fingerprint density at radius 1 is 1.00 bits per heavy atom. The molecule has 1 aliphatic rings. The summed E-state index contributed by atoms with van der Waals surface area (Å²) in [5, 5.41) is 2.68. The molecule has 1 N–H and O–H groups in total. The number of nitrogens with one attached hydrogen (secondary N) is 1. The van der Waals surface area contributed by atoms with Crippen molar-refractivity contribution in [1.82, 2.24) is 8.87 Å². The quantitative estimate of drug-likeness (QED) is 0.731. The molecule has 1 aliphatic heterocycles. The molecule has 1 aromatic carbocycles. The lowest BCUT2D eigenvalue weighted by Gasteiger charge is -2.20. The number of aromatic nitrogens is 1. The van der Waals surface area contributed by atoms with Gasteiger partial charge in [0.05, 0.1) is 4.90 Å². The highest BCUT2D eigenvalue weighted by molar-refractivity contribution is 9.10. The van der Waals surface area contributed by atoms with Crippen LogP contribution in [-0.4, -0.2) is 36.3 Å². The number of sulfonamides is 1. The zero-order valence-electron chi connectivity index (χ0n) is 15.3. The van der Waals surface area contributed by atoms with Gasteiger partial charge in [-0.1, -0.05) is 12.8 Å². The zero-order valence-corrected chi connectivity index (χ0v) is 17.7. The van der Waals surface area contributed by atoms with Gasteiger partial charge in [0.15, 0.2) is 0 Å². The molecule has 7 nitrogen and oxygen atoms in total. The van der Waals surface area contributed by atoms with Crippen molar-refractivity contribution in [3.8, 4) is 0 Å². The molecule has 1 fully saturated rings. The van der Waals surface area contributed by atoms with E-state index in [1.165, 1.54) is 27.1 Å². The van der Waals surface area contributed by atoms with Gasteiger partial charge in [-0.25, -0.2) is 8.42 Å². The number of benzene rings is 1. The maximum absolute atomic E-state index is 12.8. The molecular weight excluding hydrogens is 446 g/mol. The zero-order chi connectivity index (χ0) is 20.1. The fourth-order valence-corrected chi connectivity index (χ4v) is 5.02. The van der Waals surface area contributed by atoms with Crippen molar-refractivity contribution in [2.75, 3.05) is 18.4 Å². The van der Waals surface area contributed by atoms with Crippen molar-refractivity contribution in [2.45, 2.75) is 37.1 Å². The van der Waals surface area contributed by atoms with Crippen LogP contribution in [0.3, 0.4) is 0 Å². The number of carbonyl (C=O) groups excluding carboxylic acids is 1. The van der Waals surface area contributed by atoms with Crippen molar-refractivity contribution in [3.63, 3.8) is 0 Å². The van der Waals surface area contributed by atoms with Crippen LogP contribution in [-0.2, 0) is 21.4 Å². The molecule has 1 saturated heterocycles. The van der Waals surface area contributed by atoms with Crippen LogP contribution in [0.2, 0.25) is 0 Å². The minimum absolute atomic E-state index is 0.133. The highest BCUT2D eigenvalue weighted by Gasteiger charge is 2.24. The van der Waals surface area contributed by atoms with Crippen LogP contribution in [0.4, 0.5) is 5.69 Å². The lowest BCUT2D eigenvalue weighted by molar-refractivity contribution is -0.116. The van der Waals surface area contributed by atoms with Crippen LogP contribution in [0.5, 0.6) is 0 Å². The number of halogens is 1. The molecule has 0 radical (unpaired) electrons. The number of amides is 1. The third kappa shape index (κ3) is 5.09. The number of hydrogen-bond acceptors (Lipinski definition) is 4. The predicted molar refractivity (Wildman–Crippen MR) is 111 cm³/mol. The van der Waals surface area contributed by atoms with Gasteiger partial charge in [0, 0.05) is 35.5 Å². The van der Waals surface area contributed by atoms with E-state index in [2.05, 4.69) is 21.2 Å². The maximum atomic E-state index is 12.8. The molecular formula is C19H22BrN3O4S. The van der Waals surface area contributed by atoms with Crippen LogP contribution in [0.1, 0.15) is 25.7 Å². The summed E-state index contributed by atoms with van der Waals surface area (Å²) >= 11 is 3.26. The van der Waals surface area contributed by atoms with E-state index in [0.717, 1.165) is 25.7 Å². The van der Waals surface area contributed by atoms with E-state index in [1.807, 2.05) is 0 Å². The van der Waals surface area contributed by atoms with Crippen LogP contribution in [0, 0.1) is 0 Å². The molecule has 28 heavy (non-hydrogen) atoms. The molecule has 150 valence electrons. The summed E-state index contributed by atoms with van der Waals surface area (Å²) in [4.78, 5) is 24.2. The summed E-state index contributed by atoms with van der Waals surface area (Å²) in [6.45, 7) is 0.955.